The molecule has 0 spiro atoms. The first-order valence-electron chi connectivity index (χ1n) is 12.9. The third-order valence-electron chi connectivity index (χ3n) is 8.29. The Balaban J connectivity index is 1.27. The summed E-state index contributed by atoms with van der Waals surface area (Å²) >= 11 is 1.75. The van der Waals surface area contributed by atoms with E-state index in [0.29, 0.717) is 24.0 Å². The van der Waals surface area contributed by atoms with Crippen molar-refractivity contribution in [3.8, 4) is 0 Å². The summed E-state index contributed by atoms with van der Waals surface area (Å²) in [5.74, 6) is 0.250. The lowest BCUT2D eigenvalue weighted by Gasteiger charge is -2.43. The SMILES string of the molecule is CCC1CC(N2CCC(c3cc4c(cc3F)N(C)C(c3ccc(SC)cc3)N4)CC2)CC(C)N1. The van der Waals surface area contributed by atoms with E-state index >= 15 is 4.39 Å². The van der Waals surface area contributed by atoms with E-state index in [1.165, 1.54) is 29.7 Å². The van der Waals surface area contributed by atoms with Crippen molar-refractivity contribution in [2.24, 2.45) is 0 Å². The van der Waals surface area contributed by atoms with Crippen molar-refractivity contribution in [3.05, 3.63) is 53.3 Å². The van der Waals surface area contributed by atoms with Crippen molar-refractivity contribution in [1.29, 1.82) is 0 Å². The number of nitrogens with one attached hydrogen (secondary N) is 2. The second-order valence-corrected chi connectivity index (χ2v) is 11.3. The molecule has 2 aromatic rings. The van der Waals surface area contributed by atoms with Crippen LogP contribution in [0.25, 0.3) is 0 Å². The molecule has 3 aliphatic heterocycles. The maximum absolute atomic E-state index is 15.4. The van der Waals surface area contributed by atoms with Gasteiger partial charge in [-0.05, 0) is 99.7 Å². The minimum atomic E-state index is -0.0502. The lowest BCUT2D eigenvalue weighted by atomic mass is 9.85. The van der Waals surface area contributed by atoms with Crippen molar-refractivity contribution in [2.75, 3.05) is 36.6 Å². The molecule has 2 saturated heterocycles. The molecule has 6 heteroatoms. The van der Waals surface area contributed by atoms with Gasteiger partial charge in [0.05, 0.1) is 11.4 Å². The van der Waals surface area contributed by atoms with Gasteiger partial charge in [-0.25, -0.2) is 4.39 Å². The summed E-state index contributed by atoms with van der Waals surface area (Å²) in [4.78, 5) is 6.09. The highest BCUT2D eigenvalue weighted by Crippen LogP contribution is 2.44. The van der Waals surface area contributed by atoms with E-state index < -0.39 is 0 Å². The maximum Gasteiger partial charge on any atom is 0.128 e. The number of halogens is 1. The van der Waals surface area contributed by atoms with Gasteiger partial charge in [0.1, 0.15) is 12.0 Å². The van der Waals surface area contributed by atoms with Crippen LogP contribution in [0.4, 0.5) is 15.8 Å². The van der Waals surface area contributed by atoms with E-state index in [0.717, 1.165) is 42.9 Å². The summed E-state index contributed by atoms with van der Waals surface area (Å²) in [7, 11) is 2.05. The van der Waals surface area contributed by atoms with Gasteiger partial charge in [-0.2, -0.15) is 0 Å². The summed E-state index contributed by atoms with van der Waals surface area (Å²) < 4.78 is 15.4. The van der Waals surface area contributed by atoms with Crippen molar-refractivity contribution in [1.82, 2.24) is 10.2 Å². The molecule has 2 aromatic carbocycles. The second kappa shape index (κ2) is 10.1. The van der Waals surface area contributed by atoms with Gasteiger partial charge < -0.3 is 20.4 Å². The largest absolute Gasteiger partial charge is 0.360 e. The lowest BCUT2D eigenvalue weighted by molar-refractivity contribution is 0.0979. The normalized spacial score (nSPS) is 28.1. The molecule has 2 N–H and O–H groups in total. The molecular formula is C28H39FN4S. The number of piperidine rings is 2. The number of hydrogen-bond donors (Lipinski definition) is 2. The molecule has 4 atom stereocenters. The van der Waals surface area contributed by atoms with E-state index in [4.69, 9.17) is 0 Å². The summed E-state index contributed by atoms with van der Waals surface area (Å²) in [6.07, 6.45) is 7.88. The third kappa shape index (κ3) is 4.69. The van der Waals surface area contributed by atoms with Crippen LogP contribution < -0.4 is 15.5 Å². The molecule has 0 amide bonds. The van der Waals surface area contributed by atoms with E-state index in [1.807, 2.05) is 7.05 Å². The Morgan fingerprint density at radius 1 is 1.09 bits per heavy atom. The van der Waals surface area contributed by atoms with Gasteiger partial charge >= 0.3 is 0 Å². The van der Waals surface area contributed by atoms with Crippen LogP contribution >= 0.6 is 11.8 Å². The monoisotopic (exact) mass is 482 g/mol. The van der Waals surface area contributed by atoms with Gasteiger partial charge in [0.15, 0.2) is 0 Å². The molecule has 5 rings (SSSR count). The van der Waals surface area contributed by atoms with E-state index in [9.17, 15) is 0 Å². The molecule has 4 nitrogen and oxygen atoms in total. The van der Waals surface area contributed by atoms with Gasteiger partial charge in [-0.3, -0.25) is 0 Å². The molecule has 184 valence electrons. The van der Waals surface area contributed by atoms with Crippen LogP contribution in [-0.2, 0) is 0 Å². The molecule has 0 aliphatic carbocycles. The van der Waals surface area contributed by atoms with Crippen LogP contribution in [0.5, 0.6) is 0 Å². The Morgan fingerprint density at radius 3 is 2.50 bits per heavy atom. The number of anilines is 2. The molecule has 2 fully saturated rings. The van der Waals surface area contributed by atoms with Crippen molar-refractivity contribution in [2.45, 2.75) is 81.1 Å². The van der Waals surface area contributed by atoms with Crippen LogP contribution in [-0.4, -0.2) is 49.4 Å². The fourth-order valence-electron chi connectivity index (χ4n) is 6.31. The number of fused-ring (bicyclic) bond motifs is 1. The van der Waals surface area contributed by atoms with E-state index in [-0.39, 0.29) is 12.0 Å². The predicted octanol–water partition coefficient (Wildman–Crippen LogP) is 6.21. The van der Waals surface area contributed by atoms with Crippen LogP contribution in [0.3, 0.4) is 0 Å². The molecule has 0 bridgehead atoms. The zero-order valence-corrected chi connectivity index (χ0v) is 21.8. The molecule has 0 aromatic heterocycles. The van der Waals surface area contributed by atoms with E-state index in [1.54, 1.807) is 17.8 Å². The van der Waals surface area contributed by atoms with Crippen LogP contribution in [0, 0.1) is 5.82 Å². The predicted molar refractivity (Wildman–Crippen MR) is 143 cm³/mol. The van der Waals surface area contributed by atoms with Gasteiger partial charge in [-0.15, -0.1) is 11.8 Å². The average molecular weight is 483 g/mol. The number of benzene rings is 2. The molecule has 3 aliphatic rings. The first-order valence-corrected chi connectivity index (χ1v) is 14.2. The molecule has 0 radical (unpaired) electrons. The quantitative estimate of drug-likeness (QED) is 0.495. The van der Waals surface area contributed by atoms with E-state index in [2.05, 4.69) is 70.9 Å². The van der Waals surface area contributed by atoms with Crippen molar-refractivity contribution >= 4 is 23.1 Å². The summed E-state index contributed by atoms with van der Waals surface area (Å²) in [5.41, 5.74) is 4.10. The van der Waals surface area contributed by atoms with Crippen LogP contribution in [0.2, 0.25) is 0 Å². The minimum Gasteiger partial charge on any atom is -0.360 e. The molecule has 4 unspecified atom stereocenters. The zero-order chi connectivity index (χ0) is 23.8. The Bertz CT molecular complexity index is 989. The third-order valence-corrected chi connectivity index (χ3v) is 9.03. The summed E-state index contributed by atoms with van der Waals surface area (Å²) in [6.45, 7) is 6.75. The maximum atomic E-state index is 15.4. The van der Waals surface area contributed by atoms with Crippen LogP contribution in [0.15, 0.2) is 41.3 Å². The molecular weight excluding hydrogens is 443 g/mol. The number of rotatable bonds is 5. The Kier molecular flexibility index (Phi) is 7.10. The fourth-order valence-corrected chi connectivity index (χ4v) is 6.71. The average Bonchev–Trinajstić information content (AvgIpc) is 3.18. The smallest absolute Gasteiger partial charge is 0.128 e. The van der Waals surface area contributed by atoms with Gasteiger partial charge in [0.25, 0.3) is 0 Å². The highest BCUT2D eigenvalue weighted by molar-refractivity contribution is 7.98. The van der Waals surface area contributed by atoms with Gasteiger partial charge in [-0.1, -0.05) is 19.1 Å². The topological polar surface area (TPSA) is 30.5 Å². The first-order chi connectivity index (χ1) is 16.5. The second-order valence-electron chi connectivity index (χ2n) is 10.4. The first kappa shape index (κ1) is 24.0. The number of nitrogens with zero attached hydrogens (tertiary/aromatic N) is 2. The highest BCUT2D eigenvalue weighted by Gasteiger charge is 2.34. The zero-order valence-electron chi connectivity index (χ0n) is 21.0. The van der Waals surface area contributed by atoms with Gasteiger partial charge in [0, 0.05) is 30.1 Å². The minimum absolute atomic E-state index is 0.0378. The number of hydrogen-bond acceptors (Lipinski definition) is 5. The lowest BCUT2D eigenvalue weighted by Crippen LogP contribution is -2.53. The number of thioether (sulfide) groups is 1. The standard InChI is InChI=1S/C28H39FN4S/c1-5-21-15-22(14-18(2)30-21)33-12-10-19(11-13-33)24-16-26-27(17-25(24)29)32(3)28(31-26)20-6-8-23(34-4)9-7-20/h6-9,16-19,21-22,28,30-31H,5,10-15H2,1-4H3. The van der Waals surface area contributed by atoms with Crippen molar-refractivity contribution < 1.29 is 4.39 Å². The van der Waals surface area contributed by atoms with Crippen LogP contribution in [0.1, 0.15) is 69.2 Å². The summed E-state index contributed by atoms with van der Waals surface area (Å²) in [5, 5.41) is 7.39. The molecule has 0 saturated carbocycles. The molecule has 34 heavy (non-hydrogen) atoms. The summed E-state index contributed by atoms with van der Waals surface area (Å²) in [6, 6.07) is 14.4. The Hall–Kier alpha value is -1.76. The fraction of sp³-hybridized carbons (Fsp3) is 0.571. The number of likely N-dealkylation sites (tertiary alicyclic amines) is 1. The highest BCUT2D eigenvalue weighted by atomic mass is 32.2. The Morgan fingerprint density at radius 2 is 1.82 bits per heavy atom. The molecule has 3 heterocycles. The van der Waals surface area contributed by atoms with Crippen molar-refractivity contribution in [3.63, 3.8) is 0 Å². The Labute approximate surface area is 208 Å². The van der Waals surface area contributed by atoms with Gasteiger partial charge in [0.2, 0.25) is 0 Å².